The van der Waals surface area contributed by atoms with E-state index in [1.165, 1.54) is 40.2 Å². The molecule has 1 aromatic heterocycles. The van der Waals surface area contributed by atoms with Gasteiger partial charge in [-0.3, -0.25) is 4.79 Å². The number of carbonyl (C=O) groups excluding carboxylic acids is 1. The maximum atomic E-state index is 12.2. The summed E-state index contributed by atoms with van der Waals surface area (Å²) in [4.78, 5) is 12.2. The molecule has 0 saturated heterocycles. The standard InChI is InChI=1S/C24H22N4O2S3/c1-2-21(17-10-12-19(29)13-11-17)25-26-22(30)15-32-24-28-27-23(33-24)31-14-18-8-5-7-16-6-3-4-9-20(16)18/h3-13,29H,2,14-15H2,1H3,(H,26,30)/b25-21+. The summed E-state index contributed by atoms with van der Waals surface area (Å²) in [5.74, 6) is 0.803. The lowest BCUT2D eigenvalue weighted by Crippen LogP contribution is -2.21. The van der Waals surface area contributed by atoms with Gasteiger partial charge in [0, 0.05) is 10.9 Å². The molecule has 0 fully saturated rings. The van der Waals surface area contributed by atoms with E-state index < -0.39 is 0 Å². The molecule has 0 radical (unpaired) electrons. The van der Waals surface area contributed by atoms with Crippen molar-refractivity contribution in [2.45, 2.75) is 27.8 Å². The molecule has 2 N–H and O–H groups in total. The van der Waals surface area contributed by atoms with Gasteiger partial charge in [-0.15, -0.1) is 5.75 Å². The van der Waals surface area contributed by atoms with Crippen LogP contribution in [0.15, 0.2) is 80.5 Å². The van der Waals surface area contributed by atoms with Crippen molar-refractivity contribution in [3.05, 3.63) is 77.9 Å². The minimum Gasteiger partial charge on any atom is -0.872 e. The molecule has 0 saturated carbocycles. The summed E-state index contributed by atoms with van der Waals surface area (Å²) in [6, 6.07) is 21.2. The number of H-pyrrole nitrogens is 1. The van der Waals surface area contributed by atoms with Crippen molar-refractivity contribution in [2.75, 3.05) is 5.75 Å². The number of aromatic nitrogens is 2. The molecule has 0 aliphatic rings. The molecule has 0 bridgehead atoms. The lowest BCUT2D eigenvalue weighted by atomic mass is 10.1. The molecular formula is C24H22N4O2S3. The number of fused-ring (bicyclic) bond motifs is 1. The van der Waals surface area contributed by atoms with Crippen LogP contribution in [0.4, 0.5) is 0 Å². The minimum absolute atomic E-state index is 0.0513. The van der Waals surface area contributed by atoms with Crippen LogP contribution in [0.25, 0.3) is 10.8 Å². The number of aromatic amines is 1. The largest absolute Gasteiger partial charge is 0.872 e. The van der Waals surface area contributed by atoms with Crippen LogP contribution in [0.2, 0.25) is 0 Å². The topological polar surface area (TPSA) is 91.6 Å². The van der Waals surface area contributed by atoms with Crippen LogP contribution in [-0.4, -0.2) is 22.5 Å². The second-order valence-corrected chi connectivity index (χ2v) is 10.5. The van der Waals surface area contributed by atoms with Gasteiger partial charge < -0.3 is 5.11 Å². The summed E-state index contributed by atoms with van der Waals surface area (Å²) in [5, 5.41) is 25.4. The zero-order valence-electron chi connectivity index (χ0n) is 17.9. The Kier molecular flexibility index (Phi) is 7.98. The Morgan fingerprint density at radius 1 is 1.09 bits per heavy atom. The van der Waals surface area contributed by atoms with Crippen LogP contribution in [0.5, 0.6) is 5.75 Å². The average molecular weight is 495 g/mol. The van der Waals surface area contributed by atoms with E-state index in [1.54, 1.807) is 35.2 Å². The zero-order valence-corrected chi connectivity index (χ0v) is 20.4. The molecule has 3 aromatic carbocycles. The SMILES string of the molecule is CC/C(=N\NC(=O)CSc1n[nH+]c(SCc2cccc3ccccc23)s1)c1ccc([O-])cc1. The van der Waals surface area contributed by atoms with Crippen molar-refractivity contribution in [2.24, 2.45) is 5.10 Å². The van der Waals surface area contributed by atoms with Crippen molar-refractivity contribution < 1.29 is 15.0 Å². The quantitative estimate of drug-likeness (QED) is 0.210. The van der Waals surface area contributed by atoms with Crippen LogP contribution < -0.4 is 15.6 Å². The van der Waals surface area contributed by atoms with Gasteiger partial charge in [0.25, 0.3) is 5.91 Å². The maximum Gasteiger partial charge on any atom is 0.323 e. The second-order valence-electron chi connectivity index (χ2n) is 7.07. The molecule has 33 heavy (non-hydrogen) atoms. The Morgan fingerprint density at radius 3 is 2.70 bits per heavy atom. The predicted molar refractivity (Wildman–Crippen MR) is 134 cm³/mol. The Morgan fingerprint density at radius 2 is 1.88 bits per heavy atom. The summed E-state index contributed by atoms with van der Waals surface area (Å²) < 4.78 is 1.80. The van der Waals surface area contributed by atoms with Crippen molar-refractivity contribution in [3.8, 4) is 5.75 Å². The number of thioether (sulfide) groups is 2. The van der Waals surface area contributed by atoms with Gasteiger partial charge in [0.1, 0.15) is 0 Å². The second kappa shape index (κ2) is 11.3. The van der Waals surface area contributed by atoms with Gasteiger partial charge in [0.05, 0.1) is 11.5 Å². The Hall–Kier alpha value is -2.88. The number of amides is 1. The highest BCUT2D eigenvalue weighted by molar-refractivity contribution is 8.03. The lowest BCUT2D eigenvalue weighted by molar-refractivity contribution is -0.492. The van der Waals surface area contributed by atoms with E-state index in [4.69, 9.17) is 0 Å². The first kappa shape index (κ1) is 23.3. The molecule has 9 heteroatoms. The maximum absolute atomic E-state index is 12.2. The molecule has 0 aliphatic carbocycles. The summed E-state index contributed by atoms with van der Waals surface area (Å²) >= 11 is 4.61. The first-order valence-corrected chi connectivity index (χ1v) is 13.1. The molecule has 0 atom stereocenters. The van der Waals surface area contributed by atoms with Crippen LogP contribution in [0.1, 0.15) is 24.5 Å². The zero-order chi connectivity index (χ0) is 23.0. The number of nitrogens with one attached hydrogen (secondary N) is 2. The fourth-order valence-electron chi connectivity index (χ4n) is 3.19. The van der Waals surface area contributed by atoms with Gasteiger partial charge in [-0.2, -0.15) is 5.10 Å². The number of hydrogen-bond acceptors (Lipinski definition) is 7. The van der Waals surface area contributed by atoms with E-state index in [0.29, 0.717) is 6.42 Å². The average Bonchev–Trinajstić information content (AvgIpc) is 3.30. The smallest absolute Gasteiger partial charge is 0.323 e. The van der Waals surface area contributed by atoms with Crippen LogP contribution in [0, 0.1) is 0 Å². The lowest BCUT2D eigenvalue weighted by Gasteiger charge is -2.08. The monoisotopic (exact) mass is 494 g/mol. The van der Waals surface area contributed by atoms with E-state index in [-0.39, 0.29) is 17.4 Å². The van der Waals surface area contributed by atoms with Crippen molar-refractivity contribution in [1.29, 1.82) is 0 Å². The van der Waals surface area contributed by atoms with E-state index in [2.05, 4.69) is 63.2 Å². The molecule has 0 unspecified atom stereocenters. The highest BCUT2D eigenvalue weighted by Gasteiger charge is 2.14. The molecule has 0 aliphatic heterocycles. The van der Waals surface area contributed by atoms with Gasteiger partial charge >= 0.3 is 4.34 Å². The van der Waals surface area contributed by atoms with Gasteiger partial charge in [-0.1, -0.05) is 90.5 Å². The first-order valence-electron chi connectivity index (χ1n) is 10.4. The summed E-state index contributed by atoms with van der Waals surface area (Å²) in [6.45, 7) is 1.95. The van der Waals surface area contributed by atoms with Crippen LogP contribution in [-0.2, 0) is 10.5 Å². The third-order valence-electron chi connectivity index (χ3n) is 4.82. The molecule has 1 heterocycles. The van der Waals surface area contributed by atoms with E-state index in [0.717, 1.165) is 25.7 Å². The fourth-order valence-corrected chi connectivity index (χ4v) is 6.07. The van der Waals surface area contributed by atoms with E-state index in [9.17, 15) is 9.90 Å². The van der Waals surface area contributed by atoms with E-state index in [1.807, 2.05) is 6.92 Å². The van der Waals surface area contributed by atoms with Crippen molar-refractivity contribution in [3.63, 3.8) is 0 Å². The third-order valence-corrected chi connectivity index (χ3v) is 8.13. The number of rotatable bonds is 9. The normalized spacial score (nSPS) is 11.6. The molecule has 4 rings (SSSR count). The number of benzene rings is 3. The molecule has 0 spiro atoms. The Balaban J connectivity index is 1.28. The van der Waals surface area contributed by atoms with Crippen molar-refractivity contribution in [1.82, 2.24) is 10.5 Å². The summed E-state index contributed by atoms with van der Waals surface area (Å²) in [5.41, 5.74) is 5.43. The molecular weight excluding hydrogens is 472 g/mol. The Bertz CT molecular complexity index is 1270. The number of carbonyl (C=O) groups is 1. The highest BCUT2D eigenvalue weighted by atomic mass is 32.2. The van der Waals surface area contributed by atoms with Gasteiger partial charge in [0.15, 0.2) is 0 Å². The predicted octanol–water partition coefficient (Wildman–Crippen LogP) is 4.50. The first-order chi connectivity index (χ1) is 16.1. The molecule has 168 valence electrons. The number of nitrogens with zero attached hydrogens (tertiary/aromatic N) is 2. The van der Waals surface area contributed by atoms with Crippen LogP contribution in [0.3, 0.4) is 0 Å². The van der Waals surface area contributed by atoms with E-state index >= 15 is 0 Å². The molecule has 6 nitrogen and oxygen atoms in total. The number of hydrogen-bond donors (Lipinski definition) is 1. The van der Waals surface area contributed by atoms with Gasteiger partial charge in [0.2, 0.25) is 4.34 Å². The van der Waals surface area contributed by atoms with Gasteiger partial charge in [-0.05, 0) is 51.4 Å². The minimum atomic E-state index is -0.202. The third kappa shape index (κ3) is 6.34. The molecule has 1 amide bonds. The van der Waals surface area contributed by atoms with Gasteiger partial charge in [-0.25, -0.2) is 5.43 Å². The summed E-state index contributed by atoms with van der Waals surface area (Å²) in [6.07, 6.45) is 0.643. The van der Waals surface area contributed by atoms with Crippen LogP contribution >= 0.6 is 34.9 Å². The number of hydrazone groups is 1. The highest BCUT2D eigenvalue weighted by Crippen LogP contribution is 2.30. The fraction of sp³-hybridized carbons (Fsp3) is 0.167. The van der Waals surface area contributed by atoms with Crippen molar-refractivity contribution >= 4 is 57.3 Å². The Labute approximate surface area is 204 Å². The summed E-state index contributed by atoms with van der Waals surface area (Å²) in [7, 11) is 0. The molecule has 4 aromatic rings.